The lowest BCUT2D eigenvalue weighted by Crippen LogP contribution is -2.39. The Bertz CT molecular complexity index is 627. The number of rotatable bonds is 3. The maximum atomic E-state index is 12.6. The van der Waals surface area contributed by atoms with Gasteiger partial charge in [0.05, 0.1) is 12.0 Å². The molecule has 1 aliphatic rings. The van der Waals surface area contributed by atoms with E-state index in [1.807, 2.05) is 31.2 Å². The number of nitrogens with one attached hydrogen (secondary N) is 2. The van der Waals surface area contributed by atoms with Gasteiger partial charge in [0.1, 0.15) is 0 Å². The van der Waals surface area contributed by atoms with Crippen LogP contribution in [0.4, 0.5) is 0 Å². The molecule has 3 rings (SSSR count). The molecule has 4 heteroatoms. The normalized spacial score (nSPS) is 18.6. The Balaban J connectivity index is 1.75. The number of carbonyl (C=O) groups excluding carboxylic acids is 1. The zero-order valence-electron chi connectivity index (χ0n) is 12.0. The Labute approximate surface area is 124 Å². The van der Waals surface area contributed by atoms with Crippen LogP contribution in [0, 0.1) is 0 Å². The van der Waals surface area contributed by atoms with Gasteiger partial charge in [-0.05, 0) is 35.7 Å². The molecule has 0 bridgehead atoms. The zero-order valence-corrected chi connectivity index (χ0v) is 12.0. The van der Waals surface area contributed by atoms with Gasteiger partial charge in [-0.3, -0.25) is 9.78 Å². The summed E-state index contributed by atoms with van der Waals surface area (Å²) in [6, 6.07) is 12.0. The molecule has 0 saturated carbocycles. The summed E-state index contributed by atoms with van der Waals surface area (Å²) in [4.78, 5) is 16.6. The number of pyridine rings is 1. The Morgan fingerprint density at radius 1 is 1.29 bits per heavy atom. The van der Waals surface area contributed by atoms with E-state index in [1.165, 1.54) is 5.56 Å². The molecule has 0 radical (unpaired) electrons. The summed E-state index contributed by atoms with van der Waals surface area (Å²) in [5, 5.41) is 6.41. The van der Waals surface area contributed by atoms with Gasteiger partial charge in [-0.25, -0.2) is 0 Å². The summed E-state index contributed by atoms with van der Waals surface area (Å²) in [5.74, 6) is -0.0572. The van der Waals surface area contributed by atoms with Gasteiger partial charge >= 0.3 is 0 Å². The van der Waals surface area contributed by atoms with E-state index in [2.05, 4.69) is 27.8 Å². The summed E-state index contributed by atoms with van der Waals surface area (Å²) in [5.41, 5.74) is 3.41. The number of hydrogen-bond acceptors (Lipinski definition) is 3. The molecule has 2 heterocycles. The second-order valence-electron chi connectivity index (χ2n) is 5.39. The molecule has 1 aromatic heterocycles. The fourth-order valence-electron chi connectivity index (χ4n) is 2.78. The van der Waals surface area contributed by atoms with Crippen molar-refractivity contribution in [1.82, 2.24) is 15.6 Å². The van der Waals surface area contributed by atoms with Crippen LogP contribution in [0.1, 0.15) is 35.6 Å². The highest BCUT2D eigenvalue weighted by molar-refractivity contribution is 5.85. The fourth-order valence-corrected chi connectivity index (χ4v) is 2.78. The van der Waals surface area contributed by atoms with Gasteiger partial charge in [0.15, 0.2) is 0 Å². The van der Waals surface area contributed by atoms with E-state index in [-0.39, 0.29) is 17.9 Å². The van der Waals surface area contributed by atoms with Crippen LogP contribution in [0.2, 0.25) is 0 Å². The number of hydrogen-bond donors (Lipinski definition) is 2. The molecular weight excluding hydrogens is 262 g/mol. The van der Waals surface area contributed by atoms with E-state index in [9.17, 15) is 4.79 Å². The van der Waals surface area contributed by atoms with Crippen LogP contribution in [0.25, 0.3) is 0 Å². The molecular formula is C17H19N3O. The lowest BCUT2D eigenvalue weighted by Gasteiger charge is -2.27. The SMILES string of the molecule is C[C@@H](NC(=O)C1CNCc2ccccc21)c1ccncc1. The standard InChI is InChI=1S/C17H19N3O/c1-12(13-6-8-18-9-7-13)20-17(21)16-11-19-10-14-4-2-3-5-15(14)16/h2-9,12,16,19H,10-11H2,1H3,(H,20,21)/t12-,16?/m1/s1. The highest BCUT2D eigenvalue weighted by Gasteiger charge is 2.26. The number of benzene rings is 1. The monoisotopic (exact) mass is 281 g/mol. The summed E-state index contributed by atoms with van der Waals surface area (Å²) >= 11 is 0. The molecule has 2 N–H and O–H groups in total. The first-order valence-corrected chi connectivity index (χ1v) is 7.24. The molecule has 0 saturated heterocycles. The molecule has 1 amide bonds. The number of amides is 1. The highest BCUT2D eigenvalue weighted by atomic mass is 16.2. The number of carbonyl (C=O) groups is 1. The molecule has 1 unspecified atom stereocenters. The molecule has 4 nitrogen and oxygen atoms in total. The minimum Gasteiger partial charge on any atom is -0.349 e. The number of fused-ring (bicyclic) bond motifs is 1. The van der Waals surface area contributed by atoms with Crippen molar-refractivity contribution in [2.75, 3.05) is 6.54 Å². The van der Waals surface area contributed by atoms with E-state index in [0.717, 1.165) is 17.7 Å². The van der Waals surface area contributed by atoms with Crippen molar-refractivity contribution in [2.24, 2.45) is 0 Å². The van der Waals surface area contributed by atoms with Gasteiger partial charge in [-0.1, -0.05) is 24.3 Å². The van der Waals surface area contributed by atoms with E-state index < -0.39 is 0 Å². The number of nitrogens with zero attached hydrogens (tertiary/aromatic N) is 1. The molecule has 1 aliphatic heterocycles. The average Bonchev–Trinajstić information content (AvgIpc) is 2.55. The largest absolute Gasteiger partial charge is 0.349 e. The predicted octanol–water partition coefficient (Wildman–Crippen LogP) is 2.15. The van der Waals surface area contributed by atoms with Gasteiger partial charge in [-0.2, -0.15) is 0 Å². The Morgan fingerprint density at radius 3 is 2.86 bits per heavy atom. The quantitative estimate of drug-likeness (QED) is 0.906. The summed E-state index contributed by atoms with van der Waals surface area (Å²) in [6.45, 7) is 3.52. The molecule has 0 fully saturated rings. The van der Waals surface area contributed by atoms with E-state index in [0.29, 0.717) is 6.54 Å². The second-order valence-corrected chi connectivity index (χ2v) is 5.39. The predicted molar refractivity (Wildman–Crippen MR) is 81.7 cm³/mol. The van der Waals surface area contributed by atoms with Crippen LogP contribution in [-0.2, 0) is 11.3 Å². The zero-order chi connectivity index (χ0) is 14.7. The molecule has 2 atom stereocenters. The van der Waals surface area contributed by atoms with Crippen LogP contribution < -0.4 is 10.6 Å². The van der Waals surface area contributed by atoms with Crippen molar-refractivity contribution in [1.29, 1.82) is 0 Å². The van der Waals surface area contributed by atoms with Crippen molar-refractivity contribution < 1.29 is 4.79 Å². The van der Waals surface area contributed by atoms with Gasteiger partial charge < -0.3 is 10.6 Å². The van der Waals surface area contributed by atoms with Crippen LogP contribution >= 0.6 is 0 Å². The molecule has 2 aromatic rings. The smallest absolute Gasteiger partial charge is 0.229 e. The van der Waals surface area contributed by atoms with Crippen molar-refractivity contribution in [2.45, 2.75) is 25.4 Å². The minimum atomic E-state index is -0.126. The van der Waals surface area contributed by atoms with Gasteiger partial charge in [0.25, 0.3) is 0 Å². The van der Waals surface area contributed by atoms with Crippen molar-refractivity contribution in [3.05, 3.63) is 65.5 Å². The van der Waals surface area contributed by atoms with Gasteiger partial charge in [-0.15, -0.1) is 0 Å². The van der Waals surface area contributed by atoms with Crippen molar-refractivity contribution in [3.63, 3.8) is 0 Å². The van der Waals surface area contributed by atoms with Crippen LogP contribution in [-0.4, -0.2) is 17.4 Å². The summed E-state index contributed by atoms with van der Waals surface area (Å²) in [6.07, 6.45) is 3.49. The third kappa shape index (κ3) is 2.95. The van der Waals surface area contributed by atoms with Crippen molar-refractivity contribution >= 4 is 5.91 Å². The summed E-state index contributed by atoms with van der Waals surface area (Å²) in [7, 11) is 0. The van der Waals surface area contributed by atoms with Crippen LogP contribution in [0.3, 0.4) is 0 Å². The number of aromatic nitrogens is 1. The molecule has 108 valence electrons. The topological polar surface area (TPSA) is 54.0 Å². The lowest BCUT2D eigenvalue weighted by atomic mass is 9.90. The summed E-state index contributed by atoms with van der Waals surface area (Å²) < 4.78 is 0. The van der Waals surface area contributed by atoms with Gasteiger partial charge in [0, 0.05) is 25.5 Å². The second kappa shape index (κ2) is 6.06. The Kier molecular flexibility index (Phi) is 3.97. The highest BCUT2D eigenvalue weighted by Crippen LogP contribution is 2.24. The Morgan fingerprint density at radius 2 is 2.05 bits per heavy atom. The first-order chi connectivity index (χ1) is 10.3. The Hall–Kier alpha value is -2.20. The first-order valence-electron chi connectivity index (χ1n) is 7.24. The molecule has 1 aromatic carbocycles. The van der Waals surface area contributed by atoms with Gasteiger partial charge in [0.2, 0.25) is 5.91 Å². The fraction of sp³-hybridized carbons (Fsp3) is 0.294. The third-order valence-electron chi connectivity index (χ3n) is 3.98. The average molecular weight is 281 g/mol. The van der Waals surface area contributed by atoms with E-state index in [1.54, 1.807) is 12.4 Å². The van der Waals surface area contributed by atoms with Crippen molar-refractivity contribution in [3.8, 4) is 0 Å². The van der Waals surface area contributed by atoms with Crippen LogP contribution in [0.15, 0.2) is 48.8 Å². The van der Waals surface area contributed by atoms with E-state index in [4.69, 9.17) is 0 Å². The van der Waals surface area contributed by atoms with Crippen LogP contribution in [0.5, 0.6) is 0 Å². The maximum absolute atomic E-state index is 12.6. The third-order valence-corrected chi connectivity index (χ3v) is 3.98. The molecule has 0 spiro atoms. The lowest BCUT2D eigenvalue weighted by molar-refractivity contribution is -0.123. The molecule has 21 heavy (non-hydrogen) atoms. The maximum Gasteiger partial charge on any atom is 0.229 e. The molecule has 0 aliphatic carbocycles. The minimum absolute atomic E-state index is 0.0189. The van der Waals surface area contributed by atoms with E-state index >= 15 is 0 Å². The first kappa shape index (κ1) is 13.8.